The number of anilines is 15. The van der Waals surface area contributed by atoms with Gasteiger partial charge in [-0.2, -0.15) is 0 Å². The van der Waals surface area contributed by atoms with Gasteiger partial charge in [-0.15, -0.1) is 0 Å². The number of benzene rings is 14. The maximum Gasteiger partial charge on any atom is -0.0380 e. The van der Waals surface area contributed by atoms with Crippen molar-refractivity contribution >= 4 is 199 Å². The first-order valence-corrected chi connectivity index (χ1v) is 35.5. The van der Waals surface area contributed by atoms with E-state index in [2.05, 4.69) is 346 Å². The molecule has 0 atom stereocenters. The third-order valence-corrected chi connectivity index (χ3v) is 24.4. The molecule has 2 aromatic heterocycles. The van der Waals surface area contributed by atoms with Gasteiger partial charge in [0.15, 0.2) is 0 Å². The van der Waals surface area contributed by atoms with Crippen LogP contribution in [0.5, 0.6) is 11.5 Å². The fourth-order valence-corrected chi connectivity index (χ4v) is 20.2. The quantitative estimate of drug-likeness (QED) is 0.134. The van der Waals surface area contributed by atoms with E-state index in [0.29, 0.717) is 0 Å². The second-order valence-corrected chi connectivity index (χ2v) is 29.3. The van der Waals surface area contributed by atoms with Gasteiger partial charge < -0.3 is 14.5 Å². The number of ether oxygens (including phenoxy) is 1. The predicted molar refractivity (Wildman–Crippen MR) is 400 cm³/mol. The molecule has 0 unspecified atom stereocenters. The van der Waals surface area contributed by atoms with E-state index in [1.807, 2.05) is 0 Å². The van der Waals surface area contributed by atoms with Gasteiger partial charge in [-0.3, -0.25) is 0 Å². The van der Waals surface area contributed by atoms with Crippen molar-refractivity contribution in [2.75, 3.05) is 24.5 Å². The van der Waals surface area contributed by atoms with Crippen molar-refractivity contribution in [3.63, 3.8) is 0 Å². The first-order chi connectivity index (χ1) is 46.6. The number of fused-ring (bicyclic) bond motifs is 14. The van der Waals surface area contributed by atoms with E-state index in [9.17, 15) is 0 Å². The maximum atomic E-state index is 7.78. The monoisotopic (exact) mass is 1330 g/mol. The van der Waals surface area contributed by atoms with Crippen LogP contribution in [0.25, 0.3) is 38.6 Å². The van der Waals surface area contributed by atoms with Crippen molar-refractivity contribution in [2.24, 2.45) is 0 Å². The standard InChI is InChI=1S/C84H53B2N5OSe2/c1-6-24-54(25-7-1)87(55-26-8-2-9-27-55)62-50-76-84-78(51-62)92-77-53-73-69(52-70(77)86(84)68-37-19-20-38-71(68)89(76)57-30-12-4-13-31-57)85-67-36-18-21-39-72(67)91(60-43-45-82-66(47-60)64-35-17-23-41-80(64)94-82)75-49-61(48-74(83(75)85)90(73)58-32-14-5-15-33-58)88(56-28-10-3-11-29-56)59-42-44-81-65(46-59)63-34-16-22-40-79(63)93-81/h1-53H. The van der Waals surface area contributed by atoms with Crippen LogP contribution in [-0.2, 0) is 0 Å². The van der Waals surface area contributed by atoms with Gasteiger partial charge in [0.25, 0.3) is 0 Å². The normalized spacial score (nSPS) is 13.1. The smallest absolute Gasteiger partial charge is 0.0380 e. The summed E-state index contributed by atoms with van der Waals surface area (Å²) >= 11 is 0.447. The summed E-state index contributed by atoms with van der Waals surface area (Å²) in [5, 5.41) is 5.31. The summed E-state index contributed by atoms with van der Waals surface area (Å²) in [7, 11) is 0. The van der Waals surface area contributed by atoms with E-state index < -0.39 is 0 Å². The van der Waals surface area contributed by atoms with Crippen molar-refractivity contribution in [3.8, 4) is 11.5 Å². The van der Waals surface area contributed by atoms with Crippen molar-refractivity contribution in [3.05, 3.63) is 322 Å². The molecule has 0 spiro atoms. The summed E-state index contributed by atoms with van der Waals surface area (Å²) in [6, 6.07) is 120. The molecule has 438 valence electrons. The third kappa shape index (κ3) is 8.24. The molecule has 94 heavy (non-hydrogen) atoms. The fraction of sp³-hybridized carbons (Fsp3) is 0. The Morgan fingerprint density at radius 2 is 0.670 bits per heavy atom. The maximum absolute atomic E-state index is 7.78. The number of para-hydroxylation sites is 7. The van der Waals surface area contributed by atoms with Crippen LogP contribution in [0.1, 0.15) is 0 Å². The van der Waals surface area contributed by atoms with Crippen molar-refractivity contribution < 1.29 is 4.74 Å². The van der Waals surface area contributed by atoms with Gasteiger partial charge in [-0.1, -0.05) is 78.9 Å². The summed E-state index contributed by atoms with van der Waals surface area (Å²) in [4.78, 5) is 12.4. The molecular formula is C84H53B2N5OSe2. The fourth-order valence-electron chi connectivity index (χ4n) is 15.7. The summed E-state index contributed by atoms with van der Waals surface area (Å²) in [6.07, 6.45) is 0. The SMILES string of the molecule is c1ccc(N(c2ccccc2)c2cc3c4c(c2)N(c2ccccc2)c2ccccc2B4c2cc4c(cc2O3)N(c2ccccc2)c2cc(N(c3ccccc3)c3ccc5[se]c6ccccc6c5c3)cc3c2B4c2ccccc2N3c2ccc3[se]c4ccccc4c3c2)cc1. The second-order valence-electron chi connectivity index (χ2n) is 24.7. The Morgan fingerprint density at radius 3 is 1.24 bits per heavy atom. The van der Waals surface area contributed by atoms with E-state index in [1.165, 1.54) is 66.1 Å². The minimum Gasteiger partial charge on any atom is -0.0602 e. The first kappa shape index (κ1) is 53.7. The van der Waals surface area contributed by atoms with Crippen molar-refractivity contribution in [2.45, 2.75) is 0 Å². The molecule has 0 saturated heterocycles. The zero-order valence-electron chi connectivity index (χ0n) is 50.7. The molecule has 14 aromatic carbocycles. The molecule has 20 rings (SSSR count). The molecule has 16 aromatic rings. The molecule has 0 radical (unpaired) electrons. The second kappa shape index (κ2) is 21.3. The molecule has 0 amide bonds. The van der Waals surface area contributed by atoms with E-state index in [4.69, 9.17) is 4.74 Å². The average Bonchev–Trinajstić information content (AvgIpc) is 0.841. The largest absolute Gasteiger partial charge is 0.0602 e. The number of hydrogen-bond acceptors (Lipinski definition) is 6. The zero-order chi connectivity index (χ0) is 61.5. The van der Waals surface area contributed by atoms with Crippen molar-refractivity contribution in [1.29, 1.82) is 0 Å². The zero-order valence-corrected chi connectivity index (χ0v) is 54.1. The van der Waals surface area contributed by atoms with Crippen LogP contribution < -0.4 is 62.0 Å². The Morgan fingerprint density at radius 1 is 0.245 bits per heavy atom. The van der Waals surface area contributed by atoms with Gasteiger partial charge >= 0.3 is 363 Å². The topological polar surface area (TPSA) is 25.4 Å². The number of rotatable bonds is 9. The van der Waals surface area contributed by atoms with Gasteiger partial charge in [-0.05, 0) is 59.5 Å². The van der Waals surface area contributed by atoms with Gasteiger partial charge in [0, 0.05) is 34.5 Å². The predicted octanol–water partition coefficient (Wildman–Crippen LogP) is 17.8. The Bertz CT molecular complexity index is 5690. The summed E-state index contributed by atoms with van der Waals surface area (Å²) in [5.41, 5.74) is 23.7. The molecule has 6 nitrogen and oxygen atoms in total. The van der Waals surface area contributed by atoms with Crippen LogP contribution in [-0.4, -0.2) is 42.4 Å². The third-order valence-electron chi connectivity index (χ3n) is 19.6. The molecule has 4 aliphatic rings. The van der Waals surface area contributed by atoms with Crippen LogP contribution in [0.4, 0.5) is 85.3 Å². The summed E-state index contributed by atoms with van der Waals surface area (Å²) < 4.78 is 13.5. The molecule has 6 heterocycles. The van der Waals surface area contributed by atoms with E-state index >= 15 is 0 Å². The molecule has 0 saturated carbocycles. The average molecular weight is 1330 g/mol. The van der Waals surface area contributed by atoms with Gasteiger partial charge in [0.05, 0.1) is 5.69 Å². The molecule has 0 fully saturated rings. The summed E-state index contributed by atoms with van der Waals surface area (Å²) in [6.45, 7) is -0.354. The molecule has 4 aliphatic heterocycles. The molecular weight excluding hydrogens is 1270 g/mol. The van der Waals surface area contributed by atoms with Gasteiger partial charge in [0.1, 0.15) is 5.75 Å². The van der Waals surface area contributed by atoms with E-state index in [-0.39, 0.29) is 42.4 Å². The minimum absolute atomic E-state index is 0.175. The Hall–Kier alpha value is -11.0. The Balaban J connectivity index is 0.866. The summed E-state index contributed by atoms with van der Waals surface area (Å²) in [5.74, 6) is 1.67. The number of hydrogen-bond donors (Lipinski definition) is 0. The minimum atomic E-state index is -0.178. The van der Waals surface area contributed by atoms with Crippen molar-refractivity contribution in [1.82, 2.24) is 0 Å². The van der Waals surface area contributed by atoms with E-state index in [1.54, 1.807) is 0 Å². The molecule has 10 heteroatoms. The van der Waals surface area contributed by atoms with Gasteiger partial charge in [-0.25, -0.2) is 0 Å². The van der Waals surface area contributed by atoms with Crippen LogP contribution in [0.3, 0.4) is 0 Å². The van der Waals surface area contributed by atoms with Crippen LogP contribution in [0.2, 0.25) is 0 Å². The number of nitrogens with zero attached hydrogens (tertiary/aromatic N) is 5. The van der Waals surface area contributed by atoms with Crippen LogP contribution in [0.15, 0.2) is 322 Å². The van der Waals surface area contributed by atoms with Gasteiger partial charge in [0.2, 0.25) is 0 Å². The molecule has 0 aliphatic carbocycles. The Labute approximate surface area is 557 Å². The van der Waals surface area contributed by atoms with E-state index in [0.717, 1.165) is 102 Å². The molecule has 0 N–H and O–H groups in total. The Kier molecular flexibility index (Phi) is 12.2. The first-order valence-electron chi connectivity index (χ1n) is 32.1. The molecule has 0 bridgehead atoms. The van der Waals surface area contributed by atoms with Crippen LogP contribution >= 0.6 is 0 Å². The van der Waals surface area contributed by atoms with Crippen LogP contribution in [0, 0.1) is 0 Å².